The van der Waals surface area contributed by atoms with Gasteiger partial charge in [0.2, 0.25) is 0 Å². The van der Waals surface area contributed by atoms with Crippen LogP contribution >= 0.6 is 0 Å². The Kier molecular flexibility index (Phi) is 4.77. The van der Waals surface area contributed by atoms with Crippen molar-refractivity contribution in [3.05, 3.63) is 33.9 Å². The molecule has 0 radical (unpaired) electrons. The van der Waals surface area contributed by atoms with E-state index in [0.29, 0.717) is 0 Å². The summed E-state index contributed by atoms with van der Waals surface area (Å²) >= 11 is 0. The number of amides is 1. The SMILES string of the molecule is Cc1ccc([N+](=O)[O-])c(OCC(=O)N2CCCCC2C)c1. The van der Waals surface area contributed by atoms with E-state index < -0.39 is 4.92 Å². The Morgan fingerprint density at radius 2 is 2.24 bits per heavy atom. The number of carbonyl (C=O) groups is 1. The molecule has 1 unspecified atom stereocenters. The number of carbonyl (C=O) groups excluding carboxylic acids is 1. The molecule has 1 saturated heterocycles. The van der Waals surface area contributed by atoms with Crippen LogP contribution in [0.4, 0.5) is 5.69 Å². The van der Waals surface area contributed by atoms with Gasteiger partial charge in [-0.1, -0.05) is 6.07 Å². The average molecular weight is 292 g/mol. The van der Waals surface area contributed by atoms with Crippen LogP contribution in [-0.2, 0) is 4.79 Å². The predicted molar refractivity (Wildman–Crippen MR) is 78.4 cm³/mol. The van der Waals surface area contributed by atoms with Gasteiger partial charge in [0.25, 0.3) is 5.91 Å². The van der Waals surface area contributed by atoms with Crippen molar-refractivity contribution < 1.29 is 14.5 Å². The smallest absolute Gasteiger partial charge is 0.310 e. The number of hydrogen-bond donors (Lipinski definition) is 0. The summed E-state index contributed by atoms with van der Waals surface area (Å²) in [5.41, 5.74) is 0.745. The summed E-state index contributed by atoms with van der Waals surface area (Å²) in [5, 5.41) is 11.0. The Morgan fingerprint density at radius 1 is 1.48 bits per heavy atom. The van der Waals surface area contributed by atoms with Crippen LogP contribution in [0, 0.1) is 17.0 Å². The van der Waals surface area contributed by atoms with Crippen LogP contribution in [0.3, 0.4) is 0 Å². The number of hydrogen-bond acceptors (Lipinski definition) is 4. The first kappa shape index (κ1) is 15.3. The molecule has 0 aromatic heterocycles. The van der Waals surface area contributed by atoms with Crippen molar-refractivity contribution in [2.45, 2.75) is 39.2 Å². The van der Waals surface area contributed by atoms with E-state index in [0.717, 1.165) is 31.4 Å². The summed E-state index contributed by atoms with van der Waals surface area (Å²) in [6.07, 6.45) is 3.13. The molecule has 1 heterocycles. The standard InChI is InChI=1S/C15H20N2O4/c1-11-6-7-13(17(19)20)14(9-11)21-10-15(18)16-8-4-3-5-12(16)2/h6-7,9,12H,3-5,8,10H2,1-2H3. The molecule has 1 aromatic carbocycles. The fraction of sp³-hybridized carbons (Fsp3) is 0.533. The second kappa shape index (κ2) is 6.56. The number of aryl methyl sites for hydroxylation is 1. The lowest BCUT2D eigenvalue weighted by atomic mass is 10.0. The van der Waals surface area contributed by atoms with Gasteiger partial charge in [-0.25, -0.2) is 0 Å². The highest BCUT2D eigenvalue weighted by Crippen LogP contribution is 2.28. The van der Waals surface area contributed by atoms with Gasteiger partial charge in [-0.05, 0) is 44.7 Å². The van der Waals surface area contributed by atoms with Gasteiger partial charge in [-0.3, -0.25) is 14.9 Å². The summed E-state index contributed by atoms with van der Waals surface area (Å²) in [4.78, 5) is 24.4. The molecule has 1 aliphatic rings. The number of benzene rings is 1. The Bertz CT molecular complexity index is 544. The number of ether oxygens (including phenoxy) is 1. The summed E-state index contributed by atoms with van der Waals surface area (Å²) < 4.78 is 5.41. The van der Waals surface area contributed by atoms with Gasteiger partial charge in [0.05, 0.1) is 4.92 Å². The van der Waals surface area contributed by atoms with Crippen molar-refractivity contribution in [1.29, 1.82) is 0 Å². The third kappa shape index (κ3) is 3.71. The largest absolute Gasteiger partial charge is 0.477 e. The lowest BCUT2D eigenvalue weighted by Crippen LogP contribution is -2.44. The van der Waals surface area contributed by atoms with Crippen LogP contribution in [0.25, 0.3) is 0 Å². The third-order valence-corrected chi connectivity index (χ3v) is 3.79. The van der Waals surface area contributed by atoms with E-state index in [9.17, 15) is 14.9 Å². The number of nitro benzene ring substituents is 1. The molecule has 0 aliphatic carbocycles. The molecule has 2 rings (SSSR count). The van der Waals surface area contributed by atoms with E-state index in [1.54, 1.807) is 17.0 Å². The Morgan fingerprint density at radius 3 is 2.90 bits per heavy atom. The van der Waals surface area contributed by atoms with Crippen LogP contribution in [0.5, 0.6) is 5.75 Å². The summed E-state index contributed by atoms with van der Waals surface area (Å²) in [6.45, 7) is 4.42. The van der Waals surface area contributed by atoms with E-state index >= 15 is 0 Å². The molecule has 1 aliphatic heterocycles. The fourth-order valence-corrected chi connectivity index (χ4v) is 2.58. The quantitative estimate of drug-likeness (QED) is 0.631. The molecule has 6 nitrogen and oxygen atoms in total. The lowest BCUT2D eigenvalue weighted by molar-refractivity contribution is -0.385. The molecule has 0 spiro atoms. The van der Waals surface area contributed by atoms with Crippen LogP contribution in [-0.4, -0.2) is 34.9 Å². The van der Waals surface area contributed by atoms with Crippen molar-refractivity contribution in [3.63, 3.8) is 0 Å². The molecule has 21 heavy (non-hydrogen) atoms. The van der Waals surface area contributed by atoms with E-state index in [4.69, 9.17) is 4.74 Å². The maximum atomic E-state index is 12.2. The topological polar surface area (TPSA) is 72.7 Å². The lowest BCUT2D eigenvalue weighted by Gasteiger charge is -2.33. The number of nitrogens with zero attached hydrogens (tertiary/aromatic N) is 2. The van der Waals surface area contributed by atoms with Gasteiger partial charge in [-0.15, -0.1) is 0 Å². The number of likely N-dealkylation sites (tertiary alicyclic amines) is 1. The van der Waals surface area contributed by atoms with Gasteiger partial charge in [0.15, 0.2) is 12.4 Å². The average Bonchev–Trinajstić information content (AvgIpc) is 2.45. The Balaban J connectivity index is 2.04. The zero-order valence-corrected chi connectivity index (χ0v) is 12.4. The molecule has 1 fully saturated rings. The van der Waals surface area contributed by atoms with Crippen LogP contribution < -0.4 is 4.74 Å². The molecule has 114 valence electrons. The Labute approximate surface area is 123 Å². The monoisotopic (exact) mass is 292 g/mol. The van der Waals surface area contributed by atoms with Crippen molar-refractivity contribution in [2.75, 3.05) is 13.2 Å². The zero-order chi connectivity index (χ0) is 15.4. The number of rotatable bonds is 4. The first-order valence-corrected chi connectivity index (χ1v) is 7.16. The highest BCUT2D eigenvalue weighted by atomic mass is 16.6. The second-order valence-electron chi connectivity index (χ2n) is 5.45. The van der Waals surface area contributed by atoms with Gasteiger partial charge in [0, 0.05) is 18.7 Å². The normalized spacial score (nSPS) is 18.4. The van der Waals surface area contributed by atoms with E-state index in [1.165, 1.54) is 6.07 Å². The number of nitro groups is 1. The molecule has 1 aromatic rings. The maximum absolute atomic E-state index is 12.2. The van der Waals surface area contributed by atoms with Gasteiger partial charge < -0.3 is 9.64 Å². The maximum Gasteiger partial charge on any atom is 0.310 e. The van der Waals surface area contributed by atoms with Crippen LogP contribution in [0.15, 0.2) is 18.2 Å². The minimum absolute atomic E-state index is 0.111. The Hall–Kier alpha value is -2.11. The van der Waals surface area contributed by atoms with Crippen molar-refractivity contribution in [1.82, 2.24) is 4.90 Å². The van der Waals surface area contributed by atoms with Crippen molar-refractivity contribution >= 4 is 11.6 Å². The molecule has 0 bridgehead atoms. The summed E-state index contributed by atoms with van der Waals surface area (Å²) in [5.74, 6) is 0.0380. The molecule has 6 heteroatoms. The van der Waals surface area contributed by atoms with Crippen LogP contribution in [0.1, 0.15) is 31.7 Å². The molecule has 0 saturated carbocycles. The van der Waals surface area contributed by atoms with E-state index in [-0.39, 0.29) is 30.0 Å². The highest BCUT2D eigenvalue weighted by Gasteiger charge is 2.24. The van der Waals surface area contributed by atoms with Gasteiger partial charge in [0.1, 0.15) is 0 Å². The molecular formula is C15H20N2O4. The first-order chi connectivity index (χ1) is 9.99. The number of piperidine rings is 1. The summed E-state index contributed by atoms with van der Waals surface area (Å²) in [7, 11) is 0. The second-order valence-corrected chi connectivity index (χ2v) is 5.45. The van der Waals surface area contributed by atoms with Gasteiger partial charge in [-0.2, -0.15) is 0 Å². The third-order valence-electron chi connectivity index (χ3n) is 3.79. The van der Waals surface area contributed by atoms with Crippen LogP contribution in [0.2, 0.25) is 0 Å². The molecule has 1 atom stereocenters. The zero-order valence-electron chi connectivity index (χ0n) is 12.4. The van der Waals surface area contributed by atoms with Gasteiger partial charge >= 0.3 is 5.69 Å². The fourth-order valence-electron chi connectivity index (χ4n) is 2.58. The predicted octanol–water partition coefficient (Wildman–Crippen LogP) is 2.68. The molecule has 0 N–H and O–H groups in total. The molecular weight excluding hydrogens is 272 g/mol. The van der Waals surface area contributed by atoms with E-state index in [2.05, 4.69) is 0 Å². The van der Waals surface area contributed by atoms with Crippen molar-refractivity contribution in [2.24, 2.45) is 0 Å². The van der Waals surface area contributed by atoms with E-state index in [1.807, 2.05) is 13.8 Å². The highest BCUT2D eigenvalue weighted by molar-refractivity contribution is 5.78. The minimum Gasteiger partial charge on any atom is -0.477 e. The first-order valence-electron chi connectivity index (χ1n) is 7.16. The van der Waals surface area contributed by atoms with Crippen molar-refractivity contribution in [3.8, 4) is 5.75 Å². The summed E-state index contributed by atoms with van der Waals surface area (Å²) in [6, 6.07) is 4.85. The minimum atomic E-state index is -0.497. The molecule has 1 amide bonds.